The predicted molar refractivity (Wildman–Crippen MR) is 273 cm³/mol. The van der Waals surface area contributed by atoms with Gasteiger partial charge in [-0.2, -0.15) is 0 Å². The number of nitrogens with zero attached hydrogens (tertiary/aromatic N) is 4. The number of pyridine rings is 4. The van der Waals surface area contributed by atoms with E-state index in [2.05, 4.69) is 80.5 Å². The van der Waals surface area contributed by atoms with Crippen molar-refractivity contribution >= 4 is 11.9 Å². The Labute approximate surface area is 412 Å². The predicted octanol–water partition coefficient (Wildman–Crippen LogP) is 8.34. The van der Waals surface area contributed by atoms with Crippen LogP contribution in [-0.4, -0.2) is 68.5 Å². The molecule has 0 unspecified atom stereocenters. The number of aromatic nitrogens is 4. The fourth-order valence-corrected chi connectivity index (χ4v) is 6.41. The number of hydrogen-bond donors (Lipinski definition) is 2. The van der Waals surface area contributed by atoms with Gasteiger partial charge in [-0.05, 0) is 161 Å². The summed E-state index contributed by atoms with van der Waals surface area (Å²) in [7, 11) is 0. The minimum absolute atomic E-state index is 0.178. The number of rotatable bonds is 16. The van der Waals surface area contributed by atoms with Gasteiger partial charge in [0, 0.05) is 117 Å². The van der Waals surface area contributed by atoms with Gasteiger partial charge in [0.15, 0.2) is 0 Å². The minimum Gasteiger partial charge on any atom is -0.463 e. The summed E-state index contributed by atoms with van der Waals surface area (Å²) in [5.74, 6) is 24.6. The Balaban J connectivity index is 0.000000267. The van der Waals surface area contributed by atoms with Crippen molar-refractivity contribution in [1.29, 1.82) is 0 Å². The van der Waals surface area contributed by atoms with Gasteiger partial charge in [0.2, 0.25) is 0 Å². The normalized spacial score (nSPS) is 9.89. The first-order valence-electron chi connectivity index (χ1n) is 23.0. The van der Waals surface area contributed by atoms with Crippen molar-refractivity contribution in [2.24, 2.45) is 0 Å². The second-order valence-corrected chi connectivity index (χ2v) is 15.8. The highest BCUT2D eigenvalue weighted by molar-refractivity contribution is 5.81. The van der Waals surface area contributed by atoms with Crippen LogP contribution in [0, 0.1) is 61.2 Å². The molecule has 70 heavy (non-hydrogen) atoms. The van der Waals surface area contributed by atoms with E-state index in [1.54, 1.807) is 24.8 Å². The van der Waals surface area contributed by atoms with Gasteiger partial charge < -0.3 is 19.7 Å². The molecule has 0 atom stereocenters. The molecule has 0 saturated carbocycles. The molecule has 0 aliphatic heterocycles. The zero-order valence-electron chi connectivity index (χ0n) is 39.8. The highest BCUT2D eigenvalue weighted by Crippen LogP contribution is 2.13. The van der Waals surface area contributed by atoms with Gasteiger partial charge in [0.25, 0.3) is 0 Å². The third kappa shape index (κ3) is 19.1. The van der Waals surface area contributed by atoms with Gasteiger partial charge in [-0.1, -0.05) is 60.5 Å². The number of aliphatic hydroxyl groups is 2. The molecule has 0 aliphatic carbocycles. The van der Waals surface area contributed by atoms with Gasteiger partial charge >= 0.3 is 11.9 Å². The minimum atomic E-state index is -0.411. The molecule has 2 N–H and O–H groups in total. The lowest BCUT2D eigenvalue weighted by Crippen LogP contribution is -2.03. The van der Waals surface area contributed by atoms with Crippen molar-refractivity contribution in [1.82, 2.24) is 19.9 Å². The number of benzene rings is 2. The molecule has 0 saturated heterocycles. The van der Waals surface area contributed by atoms with E-state index < -0.39 is 11.9 Å². The molecule has 352 valence electrons. The first-order valence-corrected chi connectivity index (χ1v) is 23.0. The zero-order valence-corrected chi connectivity index (χ0v) is 39.8. The molecule has 10 heteroatoms. The van der Waals surface area contributed by atoms with Crippen molar-refractivity contribution in [2.45, 2.75) is 65.2 Å². The van der Waals surface area contributed by atoms with E-state index in [0.29, 0.717) is 26.1 Å². The molecule has 0 spiro atoms. The lowest BCUT2D eigenvalue weighted by atomic mass is 10.0. The summed E-state index contributed by atoms with van der Waals surface area (Å²) in [6.45, 7) is 11.8. The van der Waals surface area contributed by atoms with Gasteiger partial charge in [-0.25, -0.2) is 9.59 Å². The van der Waals surface area contributed by atoms with Crippen LogP contribution < -0.4 is 0 Å². The number of ether oxygens (including phenoxy) is 2. The average molecular weight is 929 g/mol. The van der Waals surface area contributed by atoms with Crippen LogP contribution >= 0.6 is 0 Å². The van der Waals surface area contributed by atoms with E-state index in [-0.39, 0.29) is 13.2 Å². The van der Waals surface area contributed by atoms with E-state index in [9.17, 15) is 9.59 Å². The molecule has 0 radical (unpaired) electrons. The lowest BCUT2D eigenvalue weighted by molar-refractivity contribution is -0.138. The average Bonchev–Trinajstić information content (AvgIpc) is 3.39. The summed E-state index contributed by atoms with van der Waals surface area (Å²) in [6, 6.07) is 27.5. The van der Waals surface area contributed by atoms with E-state index in [1.165, 1.54) is 0 Å². The second-order valence-electron chi connectivity index (χ2n) is 15.8. The Bertz CT molecular complexity index is 2950. The molecule has 10 nitrogen and oxygen atoms in total. The van der Waals surface area contributed by atoms with Crippen LogP contribution in [0.4, 0.5) is 0 Å². The molecule has 6 aromatic rings. The molecule has 0 fully saturated rings. The highest BCUT2D eigenvalue weighted by atomic mass is 16.5. The second kappa shape index (κ2) is 29.4. The van der Waals surface area contributed by atoms with Crippen molar-refractivity contribution < 1.29 is 29.3 Å². The molecule has 6 rings (SSSR count). The Kier molecular flexibility index (Phi) is 22.1. The highest BCUT2D eigenvalue weighted by Gasteiger charge is 2.03. The van der Waals surface area contributed by atoms with E-state index >= 15 is 0 Å². The quantitative estimate of drug-likeness (QED) is 0.0421. The zero-order chi connectivity index (χ0) is 49.8. The molecule has 4 heterocycles. The van der Waals surface area contributed by atoms with Crippen molar-refractivity contribution in [3.05, 3.63) is 213 Å². The standard InChI is InChI=1S/C33H30N2O4.C27H26N2O2/c1-4-32(36)38-20-6-8-30-18-14-27(23-34-30)11-10-26-12-16-29(25(3)22-26)17-13-28-15-19-31(35-24-28)9-7-21-39-33(37)5-2;1-21-18-22(6-7-23-10-14-26(28-19-23)4-2-16-30)8-12-25(21)13-9-24-11-15-27(29-20-24)5-3-17-31/h4-5,12,14-16,18-19,22-24H,1-2,6-9,20-21H2,3H3;8,10-12,14-15,18-20,30-31H,2-5,16-17H2,1H3. The van der Waals surface area contributed by atoms with Gasteiger partial charge in [-0.3, -0.25) is 19.9 Å². The van der Waals surface area contributed by atoms with Crippen molar-refractivity contribution in [3.63, 3.8) is 0 Å². The number of hydrogen-bond acceptors (Lipinski definition) is 10. The number of carbonyl (C=O) groups is 2. The lowest BCUT2D eigenvalue weighted by Gasteiger charge is -2.02. The number of aryl methyl sites for hydroxylation is 6. The molecule has 2 aromatic carbocycles. The summed E-state index contributed by atoms with van der Waals surface area (Å²) in [5, 5.41) is 17.8. The van der Waals surface area contributed by atoms with E-state index in [1.807, 2.05) is 98.8 Å². The van der Waals surface area contributed by atoms with E-state index in [0.717, 1.165) is 129 Å². The summed E-state index contributed by atoms with van der Waals surface area (Å²) in [6.07, 6.45) is 15.2. The fraction of sp³-hybridized carbons (Fsp3) is 0.233. The molecular weight excluding hydrogens is 873 g/mol. The van der Waals surface area contributed by atoms with E-state index in [4.69, 9.17) is 19.7 Å². The first kappa shape index (κ1) is 52.6. The largest absolute Gasteiger partial charge is 0.463 e. The fourth-order valence-electron chi connectivity index (χ4n) is 6.41. The summed E-state index contributed by atoms with van der Waals surface area (Å²) in [4.78, 5) is 39.8. The SMILES string of the molecule is C=CC(=O)OCCCc1ccc(C#Cc2ccc(C#Cc3ccc(CCCOC(=O)C=C)nc3)c(C)c2)cn1.Cc1cc(C#Cc2ccc(CCCO)nc2)ccc1C#Cc1ccc(CCCO)nc1. The van der Waals surface area contributed by atoms with Crippen molar-refractivity contribution in [3.8, 4) is 47.4 Å². The smallest absolute Gasteiger partial charge is 0.330 e. The monoisotopic (exact) mass is 928 g/mol. The number of aliphatic hydroxyl groups excluding tert-OH is 2. The van der Waals surface area contributed by atoms with Crippen LogP contribution in [0.5, 0.6) is 0 Å². The third-order valence-electron chi connectivity index (χ3n) is 10.3. The summed E-state index contributed by atoms with van der Waals surface area (Å²) >= 11 is 0. The van der Waals surface area contributed by atoms with Crippen LogP contribution in [0.3, 0.4) is 0 Å². The van der Waals surface area contributed by atoms with Gasteiger partial charge in [-0.15, -0.1) is 0 Å². The third-order valence-corrected chi connectivity index (χ3v) is 10.3. The van der Waals surface area contributed by atoms with Crippen LogP contribution in [0.25, 0.3) is 0 Å². The van der Waals surface area contributed by atoms with Crippen LogP contribution in [-0.2, 0) is 44.7 Å². The van der Waals surface area contributed by atoms with Gasteiger partial charge in [0.05, 0.1) is 13.2 Å². The molecule has 0 amide bonds. The Morgan fingerprint density at radius 1 is 0.457 bits per heavy atom. The Morgan fingerprint density at radius 2 is 0.757 bits per heavy atom. The molecule has 4 aromatic heterocycles. The molecule has 0 aliphatic rings. The van der Waals surface area contributed by atoms with Crippen LogP contribution in [0.2, 0.25) is 0 Å². The van der Waals surface area contributed by atoms with Crippen molar-refractivity contribution in [2.75, 3.05) is 26.4 Å². The molecule has 0 bridgehead atoms. The van der Waals surface area contributed by atoms with Gasteiger partial charge in [0.1, 0.15) is 0 Å². The summed E-state index contributed by atoms with van der Waals surface area (Å²) < 4.78 is 9.95. The summed E-state index contributed by atoms with van der Waals surface area (Å²) in [5.41, 5.74) is 13.0. The van der Waals surface area contributed by atoms with Crippen LogP contribution in [0.15, 0.2) is 135 Å². The Morgan fingerprint density at radius 3 is 1.04 bits per heavy atom. The number of esters is 2. The Hall–Kier alpha value is -8.38. The first-order chi connectivity index (χ1) is 34.1. The maximum Gasteiger partial charge on any atom is 0.330 e. The molecular formula is C60H56N4O6. The maximum atomic E-state index is 11.1. The maximum absolute atomic E-state index is 11.1. The van der Waals surface area contributed by atoms with Crippen LogP contribution in [0.1, 0.15) is 104 Å². The topological polar surface area (TPSA) is 145 Å². The number of carbonyl (C=O) groups excluding carboxylic acids is 2.